The molecule has 2 unspecified atom stereocenters. The number of piperidine rings is 1. The van der Waals surface area contributed by atoms with Gasteiger partial charge in [-0.25, -0.2) is 9.78 Å². The Morgan fingerprint density at radius 2 is 2.10 bits per heavy atom. The number of urea groups is 1. The summed E-state index contributed by atoms with van der Waals surface area (Å²) in [4.78, 5) is 24.5. The fourth-order valence-corrected chi connectivity index (χ4v) is 4.00. The normalized spacial score (nSPS) is 19.0. The third-order valence-corrected chi connectivity index (χ3v) is 5.79. The van der Waals surface area contributed by atoms with Gasteiger partial charge >= 0.3 is 6.03 Å². The van der Waals surface area contributed by atoms with Crippen LogP contribution >= 0.6 is 0 Å². The average Bonchev–Trinajstić information content (AvgIpc) is 3.23. The molecule has 1 fully saturated rings. The maximum absolute atomic E-state index is 12.8. The molecule has 0 saturated carbocycles. The number of likely N-dealkylation sites (N-methyl/N-ethyl adjacent to an activating group) is 1. The predicted molar refractivity (Wildman–Crippen MR) is 114 cm³/mol. The number of likely N-dealkylation sites (tertiary alicyclic amines) is 1. The number of hydrogen-bond donors (Lipinski definition) is 2. The van der Waals surface area contributed by atoms with E-state index in [-0.39, 0.29) is 12.1 Å². The first-order valence-electron chi connectivity index (χ1n) is 9.78. The molecule has 29 heavy (non-hydrogen) atoms. The molecule has 1 aliphatic rings. The van der Waals surface area contributed by atoms with Crippen molar-refractivity contribution in [2.24, 2.45) is 5.92 Å². The summed E-state index contributed by atoms with van der Waals surface area (Å²) in [5.74, 6) is 0.459. The molecule has 1 aromatic carbocycles. The third-order valence-electron chi connectivity index (χ3n) is 5.79. The Kier molecular flexibility index (Phi) is 5.09. The Hall–Kier alpha value is -3.53. The molecule has 148 valence electrons. The zero-order chi connectivity index (χ0) is 20.4. The molecule has 0 bridgehead atoms. The molecule has 2 atom stereocenters. The molecule has 3 aromatic rings. The van der Waals surface area contributed by atoms with Gasteiger partial charge in [-0.15, -0.1) is 0 Å². The number of aromatic amines is 1. The van der Waals surface area contributed by atoms with Gasteiger partial charge in [0.05, 0.1) is 11.6 Å². The van der Waals surface area contributed by atoms with Gasteiger partial charge < -0.3 is 20.1 Å². The van der Waals surface area contributed by atoms with Crippen LogP contribution in [0.4, 0.5) is 16.2 Å². The van der Waals surface area contributed by atoms with Crippen molar-refractivity contribution in [3.8, 4) is 6.07 Å². The van der Waals surface area contributed by atoms with Crippen molar-refractivity contribution < 1.29 is 4.79 Å². The van der Waals surface area contributed by atoms with Gasteiger partial charge in [-0.2, -0.15) is 5.26 Å². The molecule has 1 saturated heterocycles. The van der Waals surface area contributed by atoms with Gasteiger partial charge in [0.15, 0.2) is 0 Å². The molecule has 0 spiro atoms. The van der Waals surface area contributed by atoms with Crippen LogP contribution in [0.15, 0.2) is 48.8 Å². The fourth-order valence-electron chi connectivity index (χ4n) is 4.00. The van der Waals surface area contributed by atoms with Crippen molar-refractivity contribution in [2.75, 3.05) is 30.4 Å². The Labute approximate surface area is 170 Å². The number of anilines is 2. The number of carbonyl (C=O) groups excluding carboxylic acids is 1. The number of nitrogens with one attached hydrogen (secondary N) is 2. The van der Waals surface area contributed by atoms with Gasteiger partial charge in [0, 0.05) is 55.3 Å². The van der Waals surface area contributed by atoms with Crippen LogP contribution in [0.3, 0.4) is 0 Å². The second-order valence-electron chi connectivity index (χ2n) is 7.58. The number of amides is 2. The molecule has 2 amide bonds. The van der Waals surface area contributed by atoms with Crippen LogP contribution in [0.5, 0.6) is 0 Å². The van der Waals surface area contributed by atoms with Gasteiger partial charge in [0.2, 0.25) is 0 Å². The molecule has 7 heteroatoms. The molecular formula is C22H24N6O. The molecule has 3 heterocycles. The van der Waals surface area contributed by atoms with Crippen LogP contribution in [0, 0.1) is 17.2 Å². The van der Waals surface area contributed by atoms with Gasteiger partial charge in [-0.1, -0.05) is 6.92 Å². The number of aromatic nitrogens is 2. The Bertz CT molecular complexity index is 1050. The second-order valence-corrected chi connectivity index (χ2v) is 7.58. The van der Waals surface area contributed by atoms with E-state index in [1.807, 2.05) is 29.4 Å². The van der Waals surface area contributed by atoms with Crippen LogP contribution in [-0.4, -0.2) is 47.1 Å². The second kappa shape index (κ2) is 7.84. The van der Waals surface area contributed by atoms with Crippen LogP contribution in [0.1, 0.15) is 18.9 Å². The summed E-state index contributed by atoms with van der Waals surface area (Å²) in [6.07, 6.45) is 4.65. The zero-order valence-electron chi connectivity index (χ0n) is 16.6. The number of H-pyrrole nitrogens is 1. The topological polar surface area (TPSA) is 88.1 Å². The van der Waals surface area contributed by atoms with E-state index in [2.05, 4.69) is 40.2 Å². The highest BCUT2D eigenvalue weighted by Crippen LogP contribution is 2.30. The summed E-state index contributed by atoms with van der Waals surface area (Å²) in [5.41, 5.74) is 3.25. The summed E-state index contributed by atoms with van der Waals surface area (Å²) in [5, 5.41) is 12.9. The molecular weight excluding hydrogens is 364 g/mol. The molecule has 4 rings (SSSR count). The predicted octanol–water partition coefficient (Wildman–Crippen LogP) is 3.81. The lowest BCUT2D eigenvalue weighted by molar-refractivity contribution is 0.172. The van der Waals surface area contributed by atoms with E-state index >= 15 is 0 Å². The summed E-state index contributed by atoms with van der Waals surface area (Å²) in [6.45, 7) is 3.62. The van der Waals surface area contributed by atoms with Gasteiger partial charge in [0.1, 0.15) is 5.65 Å². The lowest BCUT2D eigenvalue weighted by Crippen LogP contribution is -2.53. The maximum Gasteiger partial charge on any atom is 0.321 e. The van der Waals surface area contributed by atoms with Crippen LogP contribution in [0.25, 0.3) is 11.0 Å². The number of hydrogen-bond acceptors (Lipinski definition) is 4. The van der Waals surface area contributed by atoms with E-state index < -0.39 is 0 Å². The highest BCUT2D eigenvalue weighted by atomic mass is 16.2. The first-order chi connectivity index (χ1) is 14.1. The zero-order valence-corrected chi connectivity index (χ0v) is 16.6. The van der Waals surface area contributed by atoms with Crippen LogP contribution in [0.2, 0.25) is 0 Å². The number of rotatable bonds is 3. The number of fused-ring (bicyclic) bond motifs is 1. The smallest absolute Gasteiger partial charge is 0.321 e. The summed E-state index contributed by atoms with van der Waals surface area (Å²) >= 11 is 0. The monoisotopic (exact) mass is 388 g/mol. The van der Waals surface area contributed by atoms with Crippen LogP contribution < -0.4 is 10.2 Å². The van der Waals surface area contributed by atoms with E-state index in [0.717, 1.165) is 29.7 Å². The SMILES string of the molecule is CC1CCN(C(=O)Nc2ccc(C#N)cc2)CC1N(C)c1ccnc2[nH]ccc12. The maximum atomic E-state index is 12.8. The largest absolute Gasteiger partial charge is 0.369 e. The van der Waals surface area contributed by atoms with Crippen molar-refractivity contribution in [1.82, 2.24) is 14.9 Å². The van der Waals surface area contributed by atoms with Gasteiger partial charge in [0.25, 0.3) is 0 Å². The van der Waals surface area contributed by atoms with Crippen molar-refractivity contribution in [3.63, 3.8) is 0 Å². The summed E-state index contributed by atoms with van der Waals surface area (Å²) < 4.78 is 0. The quantitative estimate of drug-likeness (QED) is 0.714. The fraction of sp³-hybridized carbons (Fsp3) is 0.318. The molecule has 0 aliphatic carbocycles. The van der Waals surface area contributed by atoms with Crippen molar-refractivity contribution in [2.45, 2.75) is 19.4 Å². The minimum atomic E-state index is -0.110. The Balaban J connectivity index is 1.49. The lowest BCUT2D eigenvalue weighted by Gasteiger charge is -2.42. The minimum Gasteiger partial charge on any atom is -0.369 e. The molecule has 2 N–H and O–H groups in total. The molecule has 2 aromatic heterocycles. The number of nitrogens with zero attached hydrogens (tertiary/aromatic N) is 4. The van der Waals surface area contributed by atoms with Crippen molar-refractivity contribution >= 4 is 28.4 Å². The number of benzene rings is 1. The highest BCUT2D eigenvalue weighted by molar-refractivity contribution is 5.91. The summed E-state index contributed by atoms with van der Waals surface area (Å²) in [7, 11) is 2.09. The van der Waals surface area contributed by atoms with Crippen LogP contribution in [-0.2, 0) is 0 Å². The number of pyridine rings is 1. The minimum absolute atomic E-state index is 0.110. The Morgan fingerprint density at radius 3 is 2.86 bits per heavy atom. The van der Waals surface area contributed by atoms with Gasteiger partial charge in [-0.05, 0) is 48.7 Å². The Morgan fingerprint density at radius 1 is 1.31 bits per heavy atom. The van der Waals surface area contributed by atoms with Crippen molar-refractivity contribution in [3.05, 3.63) is 54.4 Å². The average molecular weight is 388 g/mol. The lowest BCUT2D eigenvalue weighted by atomic mass is 9.92. The summed E-state index contributed by atoms with van der Waals surface area (Å²) in [6, 6.07) is 13.2. The van der Waals surface area contributed by atoms with E-state index in [4.69, 9.17) is 5.26 Å². The van der Waals surface area contributed by atoms with E-state index in [9.17, 15) is 4.79 Å². The number of nitriles is 1. The van der Waals surface area contributed by atoms with Crippen molar-refractivity contribution in [1.29, 1.82) is 5.26 Å². The molecule has 1 aliphatic heterocycles. The first kappa shape index (κ1) is 18.8. The molecule has 7 nitrogen and oxygen atoms in total. The van der Waals surface area contributed by atoms with Gasteiger partial charge in [-0.3, -0.25) is 0 Å². The third kappa shape index (κ3) is 3.74. The highest BCUT2D eigenvalue weighted by Gasteiger charge is 2.32. The van der Waals surface area contributed by atoms with E-state index in [1.165, 1.54) is 0 Å². The number of carbonyl (C=O) groups is 1. The standard InChI is InChI=1S/C22H24N6O/c1-15-9-12-28(22(29)26-17-5-3-16(13-23)4-6-17)14-20(15)27(2)19-8-11-25-21-18(19)7-10-24-21/h3-8,10-11,15,20H,9,12,14H2,1-2H3,(H,24,25)(H,26,29). The van der Waals surface area contributed by atoms with E-state index in [0.29, 0.717) is 23.7 Å². The van der Waals surface area contributed by atoms with E-state index in [1.54, 1.807) is 24.3 Å². The molecule has 0 radical (unpaired) electrons. The first-order valence-corrected chi connectivity index (χ1v) is 9.78.